The molecule has 0 saturated carbocycles. The minimum absolute atomic E-state index is 0.111. The molecule has 0 saturated heterocycles. The number of hydrogen-bond acceptors (Lipinski definition) is 2. The van der Waals surface area contributed by atoms with Gasteiger partial charge in [-0.3, -0.25) is 4.79 Å². The van der Waals surface area contributed by atoms with Crippen LogP contribution in [0.2, 0.25) is 0 Å². The zero-order valence-corrected chi connectivity index (χ0v) is 16.1. The topological polar surface area (TPSA) is 38.3 Å². The zero-order chi connectivity index (χ0) is 18.4. The van der Waals surface area contributed by atoms with Gasteiger partial charge in [-0.1, -0.05) is 70.5 Å². The molecule has 4 heteroatoms. The Morgan fingerprint density at radius 1 is 0.962 bits per heavy atom. The van der Waals surface area contributed by atoms with Crippen LogP contribution < -0.4 is 5.32 Å². The molecule has 1 amide bonds. The second-order valence-corrected chi connectivity index (χ2v) is 6.92. The Labute approximate surface area is 162 Å². The predicted molar refractivity (Wildman–Crippen MR) is 107 cm³/mol. The molecule has 1 N–H and O–H groups in total. The first-order valence-electron chi connectivity index (χ1n) is 8.36. The molecule has 1 unspecified atom stereocenters. The minimum Gasteiger partial charge on any atom is -0.380 e. The standard InChI is InChI=1S/C22H20BrNO2/c1-26-15-16-6-5-9-19(14-16)22(25)24-21(17-7-3-2-4-8-17)18-10-12-20(23)13-11-18/h2-14,21H,15H2,1H3,(H,24,25). The normalized spacial score (nSPS) is 11.8. The molecule has 0 spiro atoms. The van der Waals surface area contributed by atoms with Crippen molar-refractivity contribution in [2.75, 3.05) is 7.11 Å². The lowest BCUT2D eigenvalue weighted by atomic mass is 9.98. The number of carbonyl (C=O) groups excluding carboxylic acids is 1. The molecule has 0 bridgehead atoms. The fraction of sp³-hybridized carbons (Fsp3) is 0.136. The van der Waals surface area contributed by atoms with Gasteiger partial charge < -0.3 is 10.1 Å². The SMILES string of the molecule is COCc1cccc(C(=O)NC(c2ccccc2)c2ccc(Br)cc2)c1. The average molecular weight is 410 g/mol. The first-order valence-corrected chi connectivity index (χ1v) is 9.16. The molecular weight excluding hydrogens is 390 g/mol. The van der Waals surface area contributed by atoms with E-state index in [0.29, 0.717) is 12.2 Å². The van der Waals surface area contributed by atoms with Gasteiger partial charge in [-0.15, -0.1) is 0 Å². The number of rotatable bonds is 6. The van der Waals surface area contributed by atoms with Gasteiger partial charge in [0.25, 0.3) is 5.91 Å². The average Bonchev–Trinajstić information content (AvgIpc) is 2.68. The highest BCUT2D eigenvalue weighted by Gasteiger charge is 2.18. The van der Waals surface area contributed by atoms with Crippen LogP contribution in [0.3, 0.4) is 0 Å². The van der Waals surface area contributed by atoms with Crippen LogP contribution in [0.15, 0.2) is 83.3 Å². The van der Waals surface area contributed by atoms with Crippen molar-refractivity contribution in [3.63, 3.8) is 0 Å². The Morgan fingerprint density at radius 2 is 1.65 bits per heavy atom. The van der Waals surface area contributed by atoms with E-state index < -0.39 is 0 Å². The van der Waals surface area contributed by atoms with Gasteiger partial charge in [0.15, 0.2) is 0 Å². The van der Waals surface area contributed by atoms with Crippen LogP contribution in [-0.4, -0.2) is 13.0 Å². The number of amides is 1. The first-order chi connectivity index (χ1) is 12.7. The molecule has 3 aromatic rings. The van der Waals surface area contributed by atoms with Gasteiger partial charge >= 0.3 is 0 Å². The quantitative estimate of drug-likeness (QED) is 0.613. The number of nitrogens with one attached hydrogen (secondary N) is 1. The fourth-order valence-corrected chi connectivity index (χ4v) is 3.11. The molecule has 26 heavy (non-hydrogen) atoms. The summed E-state index contributed by atoms with van der Waals surface area (Å²) in [5.41, 5.74) is 3.66. The summed E-state index contributed by atoms with van der Waals surface area (Å²) >= 11 is 3.46. The summed E-state index contributed by atoms with van der Waals surface area (Å²) in [5.74, 6) is -0.111. The molecule has 3 aromatic carbocycles. The van der Waals surface area contributed by atoms with Gasteiger partial charge in [0.05, 0.1) is 12.6 Å². The number of hydrogen-bond donors (Lipinski definition) is 1. The van der Waals surface area contributed by atoms with Crippen molar-refractivity contribution >= 4 is 21.8 Å². The number of methoxy groups -OCH3 is 1. The molecule has 0 heterocycles. The minimum atomic E-state index is -0.220. The summed E-state index contributed by atoms with van der Waals surface area (Å²) < 4.78 is 6.16. The van der Waals surface area contributed by atoms with Crippen LogP contribution in [-0.2, 0) is 11.3 Å². The molecular formula is C22H20BrNO2. The van der Waals surface area contributed by atoms with Crippen LogP contribution in [0.1, 0.15) is 33.1 Å². The molecule has 0 aliphatic rings. The Kier molecular flexibility index (Phi) is 6.21. The predicted octanol–water partition coefficient (Wildman–Crippen LogP) is 5.11. The van der Waals surface area contributed by atoms with E-state index in [0.717, 1.165) is 21.2 Å². The lowest BCUT2D eigenvalue weighted by Gasteiger charge is -2.20. The molecule has 0 aliphatic carbocycles. The van der Waals surface area contributed by atoms with E-state index in [-0.39, 0.29) is 11.9 Å². The second-order valence-electron chi connectivity index (χ2n) is 6.00. The van der Waals surface area contributed by atoms with Crippen molar-refractivity contribution < 1.29 is 9.53 Å². The molecule has 1 atom stereocenters. The van der Waals surface area contributed by atoms with Crippen molar-refractivity contribution in [2.24, 2.45) is 0 Å². The third kappa shape index (κ3) is 4.59. The zero-order valence-electron chi connectivity index (χ0n) is 14.5. The third-order valence-corrected chi connectivity index (χ3v) is 4.64. The maximum atomic E-state index is 12.9. The highest BCUT2D eigenvalue weighted by Crippen LogP contribution is 2.24. The first kappa shape index (κ1) is 18.4. The molecule has 0 aliphatic heterocycles. The van der Waals surface area contributed by atoms with E-state index in [1.807, 2.05) is 78.9 Å². The van der Waals surface area contributed by atoms with Crippen LogP contribution in [0.4, 0.5) is 0 Å². The van der Waals surface area contributed by atoms with E-state index >= 15 is 0 Å². The summed E-state index contributed by atoms with van der Waals surface area (Å²) in [7, 11) is 1.64. The Hall–Kier alpha value is -2.43. The Morgan fingerprint density at radius 3 is 2.35 bits per heavy atom. The number of carbonyl (C=O) groups is 1. The van der Waals surface area contributed by atoms with E-state index in [2.05, 4.69) is 21.2 Å². The largest absolute Gasteiger partial charge is 0.380 e. The Bertz CT molecular complexity index is 863. The fourth-order valence-electron chi connectivity index (χ4n) is 2.84. The van der Waals surface area contributed by atoms with Crippen molar-refractivity contribution in [1.82, 2.24) is 5.32 Å². The van der Waals surface area contributed by atoms with Crippen LogP contribution in [0.5, 0.6) is 0 Å². The van der Waals surface area contributed by atoms with Gasteiger partial charge in [0.2, 0.25) is 0 Å². The van der Waals surface area contributed by atoms with E-state index in [4.69, 9.17) is 4.74 Å². The highest BCUT2D eigenvalue weighted by atomic mass is 79.9. The van der Waals surface area contributed by atoms with E-state index in [1.165, 1.54) is 0 Å². The second kappa shape index (κ2) is 8.79. The summed E-state index contributed by atoms with van der Waals surface area (Å²) in [6.45, 7) is 0.482. The summed E-state index contributed by atoms with van der Waals surface area (Å²) in [5, 5.41) is 3.16. The number of benzene rings is 3. The smallest absolute Gasteiger partial charge is 0.252 e. The monoisotopic (exact) mass is 409 g/mol. The summed E-state index contributed by atoms with van der Waals surface area (Å²) in [6.07, 6.45) is 0. The van der Waals surface area contributed by atoms with Gasteiger partial charge in [-0.25, -0.2) is 0 Å². The van der Waals surface area contributed by atoms with Crippen molar-refractivity contribution in [2.45, 2.75) is 12.6 Å². The molecule has 3 nitrogen and oxygen atoms in total. The third-order valence-electron chi connectivity index (χ3n) is 4.11. The lowest BCUT2D eigenvalue weighted by Crippen LogP contribution is -2.29. The van der Waals surface area contributed by atoms with E-state index in [1.54, 1.807) is 7.11 Å². The van der Waals surface area contributed by atoms with Gasteiger partial charge in [0, 0.05) is 17.1 Å². The van der Waals surface area contributed by atoms with Crippen molar-refractivity contribution in [1.29, 1.82) is 0 Å². The molecule has 0 aromatic heterocycles. The molecule has 132 valence electrons. The lowest BCUT2D eigenvalue weighted by molar-refractivity contribution is 0.0942. The van der Waals surface area contributed by atoms with Crippen LogP contribution in [0, 0.1) is 0 Å². The van der Waals surface area contributed by atoms with Gasteiger partial charge in [-0.2, -0.15) is 0 Å². The van der Waals surface area contributed by atoms with Crippen LogP contribution >= 0.6 is 15.9 Å². The highest BCUT2D eigenvalue weighted by molar-refractivity contribution is 9.10. The van der Waals surface area contributed by atoms with Crippen LogP contribution in [0.25, 0.3) is 0 Å². The van der Waals surface area contributed by atoms with Crippen molar-refractivity contribution in [3.05, 3.63) is 106 Å². The van der Waals surface area contributed by atoms with Gasteiger partial charge in [0.1, 0.15) is 0 Å². The maximum absolute atomic E-state index is 12.9. The maximum Gasteiger partial charge on any atom is 0.252 e. The number of halogens is 1. The summed E-state index contributed by atoms with van der Waals surface area (Å²) in [4.78, 5) is 12.9. The molecule has 0 radical (unpaired) electrons. The molecule has 3 rings (SSSR count). The molecule has 0 fully saturated rings. The Balaban J connectivity index is 1.89. The van der Waals surface area contributed by atoms with Gasteiger partial charge in [-0.05, 0) is 41.0 Å². The van der Waals surface area contributed by atoms with E-state index in [9.17, 15) is 4.79 Å². The summed E-state index contributed by atoms with van der Waals surface area (Å²) in [6, 6.07) is 25.3. The van der Waals surface area contributed by atoms with Crippen molar-refractivity contribution in [3.8, 4) is 0 Å². The number of ether oxygens (including phenoxy) is 1.